The SMILES string of the molecule is CC1(C)CCC(CN2CCOCC2C(=O)O)O1. The van der Waals surface area contributed by atoms with Crippen LogP contribution in [0.5, 0.6) is 0 Å². The summed E-state index contributed by atoms with van der Waals surface area (Å²) in [6.45, 7) is 6.44. The van der Waals surface area contributed by atoms with Crippen LogP contribution in [0.25, 0.3) is 0 Å². The Hall–Kier alpha value is -0.650. The van der Waals surface area contributed by atoms with E-state index >= 15 is 0 Å². The summed E-state index contributed by atoms with van der Waals surface area (Å²) in [5, 5.41) is 9.12. The minimum atomic E-state index is -0.804. The third-order valence-corrected chi connectivity index (χ3v) is 3.52. The molecule has 2 saturated heterocycles. The first-order chi connectivity index (χ1) is 7.98. The fourth-order valence-electron chi connectivity index (χ4n) is 2.55. The van der Waals surface area contributed by atoms with Gasteiger partial charge in [-0.05, 0) is 26.7 Å². The largest absolute Gasteiger partial charge is 0.480 e. The monoisotopic (exact) mass is 243 g/mol. The van der Waals surface area contributed by atoms with E-state index in [0.29, 0.717) is 19.7 Å². The molecule has 2 heterocycles. The molecule has 2 aliphatic rings. The quantitative estimate of drug-likeness (QED) is 0.792. The van der Waals surface area contributed by atoms with Gasteiger partial charge in [0, 0.05) is 13.1 Å². The lowest BCUT2D eigenvalue weighted by atomic mass is 10.1. The van der Waals surface area contributed by atoms with E-state index in [1.165, 1.54) is 0 Å². The number of carbonyl (C=O) groups is 1. The van der Waals surface area contributed by atoms with E-state index in [0.717, 1.165) is 12.8 Å². The highest BCUT2D eigenvalue weighted by atomic mass is 16.5. The molecule has 2 unspecified atom stereocenters. The van der Waals surface area contributed by atoms with E-state index in [9.17, 15) is 4.79 Å². The van der Waals surface area contributed by atoms with Gasteiger partial charge in [0.25, 0.3) is 0 Å². The molecule has 2 fully saturated rings. The molecule has 0 radical (unpaired) electrons. The van der Waals surface area contributed by atoms with Gasteiger partial charge in [-0.15, -0.1) is 0 Å². The van der Waals surface area contributed by atoms with Gasteiger partial charge in [-0.1, -0.05) is 0 Å². The van der Waals surface area contributed by atoms with Crippen molar-refractivity contribution in [2.75, 3.05) is 26.3 Å². The molecule has 2 rings (SSSR count). The average Bonchev–Trinajstić information content (AvgIpc) is 2.58. The van der Waals surface area contributed by atoms with E-state index in [1.807, 2.05) is 4.90 Å². The molecule has 98 valence electrons. The number of aliphatic carboxylic acids is 1. The first-order valence-electron chi connectivity index (χ1n) is 6.20. The second-order valence-corrected chi connectivity index (χ2v) is 5.46. The highest BCUT2D eigenvalue weighted by molar-refractivity contribution is 5.73. The third-order valence-electron chi connectivity index (χ3n) is 3.52. The average molecular weight is 243 g/mol. The van der Waals surface area contributed by atoms with E-state index in [4.69, 9.17) is 14.6 Å². The van der Waals surface area contributed by atoms with Gasteiger partial charge in [0.2, 0.25) is 0 Å². The van der Waals surface area contributed by atoms with E-state index in [1.54, 1.807) is 0 Å². The molecule has 17 heavy (non-hydrogen) atoms. The van der Waals surface area contributed by atoms with Crippen molar-refractivity contribution >= 4 is 5.97 Å². The molecule has 0 aromatic carbocycles. The molecule has 0 bridgehead atoms. The maximum absolute atomic E-state index is 11.1. The molecule has 0 saturated carbocycles. The number of ether oxygens (including phenoxy) is 2. The minimum Gasteiger partial charge on any atom is -0.480 e. The summed E-state index contributed by atoms with van der Waals surface area (Å²) >= 11 is 0. The van der Waals surface area contributed by atoms with Crippen LogP contribution < -0.4 is 0 Å². The molecule has 0 aromatic heterocycles. The van der Waals surface area contributed by atoms with Crippen LogP contribution in [0.4, 0.5) is 0 Å². The zero-order valence-electron chi connectivity index (χ0n) is 10.5. The Morgan fingerprint density at radius 2 is 2.29 bits per heavy atom. The van der Waals surface area contributed by atoms with Crippen LogP contribution >= 0.6 is 0 Å². The molecular formula is C12H21NO4. The lowest BCUT2D eigenvalue weighted by molar-refractivity contribution is -0.151. The number of hydrogen-bond donors (Lipinski definition) is 1. The second kappa shape index (κ2) is 4.92. The van der Waals surface area contributed by atoms with Crippen molar-refractivity contribution in [3.8, 4) is 0 Å². The third kappa shape index (κ3) is 3.18. The van der Waals surface area contributed by atoms with Gasteiger partial charge < -0.3 is 14.6 Å². The van der Waals surface area contributed by atoms with Crippen molar-refractivity contribution < 1.29 is 19.4 Å². The summed E-state index contributed by atoms with van der Waals surface area (Å²) in [5.74, 6) is -0.804. The molecule has 0 aromatic rings. The minimum absolute atomic E-state index is 0.0598. The molecule has 0 spiro atoms. The van der Waals surface area contributed by atoms with Crippen LogP contribution in [0.1, 0.15) is 26.7 Å². The lowest BCUT2D eigenvalue weighted by Crippen LogP contribution is -2.52. The topological polar surface area (TPSA) is 59.0 Å². The maximum Gasteiger partial charge on any atom is 0.323 e. The number of morpholine rings is 1. The van der Waals surface area contributed by atoms with Crippen LogP contribution in [-0.4, -0.2) is 60.0 Å². The fourth-order valence-corrected chi connectivity index (χ4v) is 2.55. The summed E-state index contributed by atoms with van der Waals surface area (Å²) in [6.07, 6.45) is 2.21. The predicted molar refractivity (Wildman–Crippen MR) is 62.0 cm³/mol. The Labute approximate surface area is 102 Å². The van der Waals surface area contributed by atoms with Crippen LogP contribution in [0.3, 0.4) is 0 Å². The van der Waals surface area contributed by atoms with Crippen molar-refractivity contribution in [2.24, 2.45) is 0 Å². The number of rotatable bonds is 3. The second-order valence-electron chi connectivity index (χ2n) is 5.46. The van der Waals surface area contributed by atoms with Gasteiger partial charge in [-0.3, -0.25) is 9.69 Å². The Bertz CT molecular complexity index is 292. The standard InChI is InChI=1S/C12H21NO4/c1-12(2)4-3-9(17-12)7-13-5-6-16-8-10(13)11(14)15/h9-10H,3-8H2,1-2H3,(H,14,15). The van der Waals surface area contributed by atoms with Gasteiger partial charge in [-0.2, -0.15) is 0 Å². The molecular weight excluding hydrogens is 222 g/mol. The lowest BCUT2D eigenvalue weighted by Gasteiger charge is -2.34. The van der Waals surface area contributed by atoms with Gasteiger partial charge in [0.05, 0.1) is 24.9 Å². The Morgan fingerprint density at radius 3 is 2.88 bits per heavy atom. The highest BCUT2D eigenvalue weighted by Crippen LogP contribution is 2.30. The Morgan fingerprint density at radius 1 is 1.53 bits per heavy atom. The first-order valence-corrected chi connectivity index (χ1v) is 6.20. The Kier molecular flexibility index (Phi) is 3.70. The number of nitrogens with zero attached hydrogens (tertiary/aromatic N) is 1. The highest BCUT2D eigenvalue weighted by Gasteiger charge is 2.36. The van der Waals surface area contributed by atoms with Crippen LogP contribution in [-0.2, 0) is 14.3 Å². The summed E-state index contributed by atoms with van der Waals surface area (Å²) in [7, 11) is 0. The van der Waals surface area contributed by atoms with E-state index in [-0.39, 0.29) is 18.3 Å². The van der Waals surface area contributed by atoms with E-state index < -0.39 is 12.0 Å². The molecule has 0 amide bonds. The normalized spacial score (nSPS) is 33.8. The van der Waals surface area contributed by atoms with E-state index in [2.05, 4.69) is 13.8 Å². The maximum atomic E-state index is 11.1. The molecule has 2 aliphatic heterocycles. The number of carboxylic acid groups (broad SMARTS) is 1. The Balaban J connectivity index is 1.90. The number of hydrogen-bond acceptors (Lipinski definition) is 4. The summed E-state index contributed by atoms with van der Waals surface area (Å²) < 4.78 is 11.1. The zero-order chi connectivity index (χ0) is 12.5. The summed E-state index contributed by atoms with van der Waals surface area (Å²) in [4.78, 5) is 13.1. The molecule has 0 aliphatic carbocycles. The molecule has 5 nitrogen and oxygen atoms in total. The summed E-state index contributed by atoms with van der Waals surface area (Å²) in [5.41, 5.74) is -0.0598. The smallest absolute Gasteiger partial charge is 0.323 e. The van der Waals surface area contributed by atoms with Crippen molar-refractivity contribution in [3.05, 3.63) is 0 Å². The van der Waals surface area contributed by atoms with Gasteiger partial charge in [0.15, 0.2) is 0 Å². The first kappa shape index (κ1) is 12.8. The van der Waals surface area contributed by atoms with Crippen LogP contribution in [0.2, 0.25) is 0 Å². The van der Waals surface area contributed by atoms with Gasteiger partial charge >= 0.3 is 5.97 Å². The summed E-state index contributed by atoms with van der Waals surface area (Å²) in [6, 6.07) is -0.518. The zero-order valence-corrected chi connectivity index (χ0v) is 10.5. The van der Waals surface area contributed by atoms with Gasteiger partial charge in [0.1, 0.15) is 6.04 Å². The van der Waals surface area contributed by atoms with Crippen molar-refractivity contribution in [2.45, 2.75) is 44.4 Å². The molecule has 1 N–H and O–H groups in total. The van der Waals surface area contributed by atoms with Crippen molar-refractivity contribution in [3.63, 3.8) is 0 Å². The van der Waals surface area contributed by atoms with Crippen LogP contribution in [0.15, 0.2) is 0 Å². The fraction of sp³-hybridized carbons (Fsp3) is 0.917. The van der Waals surface area contributed by atoms with Crippen molar-refractivity contribution in [1.82, 2.24) is 4.90 Å². The van der Waals surface area contributed by atoms with Crippen LogP contribution in [0, 0.1) is 0 Å². The molecule has 2 atom stereocenters. The predicted octanol–water partition coefficient (Wildman–Crippen LogP) is 0.729. The number of carboxylic acids is 1. The van der Waals surface area contributed by atoms with Crippen molar-refractivity contribution in [1.29, 1.82) is 0 Å². The van der Waals surface area contributed by atoms with Gasteiger partial charge in [-0.25, -0.2) is 0 Å². The molecule has 5 heteroatoms.